The minimum absolute atomic E-state index is 0.0136. The molecule has 0 saturated carbocycles. The third kappa shape index (κ3) is 6.96. The van der Waals surface area contributed by atoms with Crippen molar-refractivity contribution < 1.29 is 22.4 Å². The molecule has 0 heterocycles. The van der Waals surface area contributed by atoms with Crippen molar-refractivity contribution in [1.29, 1.82) is 0 Å². The van der Waals surface area contributed by atoms with Gasteiger partial charge in [0.1, 0.15) is 18.4 Å². The first kappa shape index (κ1) is 27.2. The van der Waals surface area contributed by atoms with E-state index in [-0.39, 0.29) is 28.7 Å². The van der Waals surface area contributed by atoms with Crippen molar-refractivity contribution in [2.24, 2.45) is 0 Å². The fourth-order valence-electron chi connectivity index (χ4n) is 3.17. The van der Waals surface area contributed by atoms with Crippen LogP contribution in [-0.2, 0) is 26.2 Å². The van der Waals surface area contributed by atoms with Gasteiger partial charge in [-0.1, -0.05) is 47.8 Å². The second-order valence-corrected chi connectivity index (χ2v) is 10.3. The monoisotopic (exact) mass is 537 g/mol. The number of anilines is 1. The van der Waals surface area contributed by atoms with Gasteiger partial charge in [-0.15, -0.1) is 0 Å². The summed E-state index contributed by atoms with van der Waals surface area (Å²) in [7, 11) is -2.51. The molecule has 2 aromatic carbocycles. The molecular weight excluding hydrogens is 516 g/mol. The lowest BCUT2D eigenvalue weighted by atomic mass is 10.1. The molecule has 0 aliphatic rings. The summed E-state index contributed by atoms with van der Waals surface area (Å²) >= 11 is 17.9. The van der Waals surface area contributed by atoms with Crippen LogP contribution < -0.4 is 9.62 Å². The first-order chi connectivity index (χ1) is 15.4. The number of amides is 2. The van der Waals surface area contributed by atoms with Gasteiger partial charge in [-0.2, -0.15) is 0 Å². The van der Waals surface area contributed by atoms with Crippen LogP contribution in [0.5, 0.6) is 0 Å². The summed E-state index contributed by atoms with van der Waals surface area (Å²) in [4.78, 5) is 27.1. The predicted molar refractivity (Wildman–Crippen MR) is 129 cm³/mol. The van der Waals surface area contributed by atoms with Gasteiger partial charge in [0.05, 0.1) is 27.0 Å². The summed E-state index contributed by atoms with van der Waals surface area (Å²) < 4.78 is 39.3. The van der Waals surface area contributed by atoms with Gasteiger partial charge >= 0.3 is 0 Å². The molecule has 0 aliphatic heterocycles. The molecule has 12 heteroatoms. The van der Waals surface area contributed by atoms with Crippen LogP contribution in [0.2, 0.25) is 15.1 Å². The van der Waals surface area contributed by atoms with E-state index in [9.17, 15) is 22.4 Å². The van der Waals surface area contributed by atoms with Gasteiger partial charge in [0, 0.05) is 13.6 Å². The van der Waals surface area contributed by atoms with E-state index in [1.54, 1.807) is 25.1 Å². The largest absolute Gasteiger partial charge is 0.357 e. The number of sulfonamides is 1. The number of nitrogens with zero attached hydrogens (tertiary/aromatic N) is 2. The first-order valence-corrected chi connectivity index (χ1v) is 12.7. The van der Waals surface area contributed by atoms with Gasteiger partial charge in [0.2, 0.25) is 21.8 Å². The molecule has 1 unspecified atom stereocenters. The molecule has 2 aromatic rings. The first-order valence-electron chi connectivity index (χ1n) is 9.76. The smallest absolute Gasteiger partial charge is 0.244 e. The van der Waals surface area contributed by atoms with Crippen molar-refractivity contribution in [3.8, 4) is 0 Å². The lowest BCUT2D eigenvalue weighted by Crippen LogP contribution is -2.51. The molecule has 0 fully saturated rings. The maximum absolute atomic E-state index is 13.6. The third-order valence-corrected chi connectivity index (χ3v) is 7.01. The zero-order valence-corrected chi connectivity index (χ0v) is 21.2. The van der Waals surface area contributed by atoms with Gasteiger partial charge in [-0.25, -0.2) is 12.8 Å². The van der Waals surface area contributed by atoms with Gasteiger partial charge in [-0.05, 0) is 42.3 Å². The minimum atomic E-state index is -3.95. The molecule has 7 nitrogen and oxygen atoms in total. The van der Waals surface area contributed by atoms with Crippen LogP contribution in [0.1, 0.15) is 18.9 Å². The fraction of sp³-hybridized carbons (Fsp3) is 0.333. The maximum Gasteiger partial charge on any atom is 0.244 e. The Morgan fingerprint density at radius 1 is 1.06 bits per heavy atom. The van der Waals surface area contributed by atoms with Crippen molar-refractivity contribution in [3.63, 3.8) is 0 Å². The molecule has 0 bridgehead atoms. The molecule has 2 rings (SSSR count). The van der Waals surface area contributed by atoms with Crippen molar-refractivity contribution in [3.05, 3.63) is 62.8 Å². The summed E-state index contributed by atoms with van der Waals surface area (Å²) in [5, 5.41) is 2.82. The number of carbonyl (C=O) groups is 2. The Hall–Kier alpha value is -2.07. The van der Waals surface area contributed by atoms with Crippen LogP contribution in [-0.4, -0.2) is 51.0 Å². The number of nitrogens with one attached hydrogen (secondary N) is 1. The zero-order chi connectivity index (χ0) is 24.9. The van der Waals surface area contributed by atoms with E-state index in [0.29, 0.717) is 10.6 Å². The van der Waals surface area contributed by atoms with Crippen LogP contribution in [0.25, 0.3) is 0 Å². The highest BCUT2D eigenvalue weighted by Gasteiger charge is 2.31. The number of likely N-dealkylation sites (N-methyl/N-ethyl adjacent to an activating group) is 1. The summed E-state index contributed by atoms with van der Waals surface area (Å²) in [6.07, 6.45) is 1.19. The number of halogens is 4. The molecule has 0 spiro atoms. The summed E-state index contributed by atoms with van der Waals surface area (Å²) in [5.41, 5.74) is 0.607. The highest BCUT2D eigenvalue weighted by atomic mass is 35.5. The van der Waals surface area contributed by atoms with Crippen molar-refractivity contribution in [1.82, 2.24) is 10.2 Å². The quantitative estimate of drug-likeness (QED) is 0.521. The number of rotatable bonds is 9. The Balaban J connectivity index is 2.46. The van der Waals surface area contributed by atoms with Crippen molar-refractivity contribution in [2.45, 2.75) is 25.9 Å². The average Bonchev–Trinajstić information content (AvgIpc) is 2.75. The number of benzene rings is 2. The highest BCUT2D eigenvalue weighted by Crippen LogP contribution is 2.26. The minimum Gasteiger partial charge on any atom is -0.357 e. The van der Waals surface area contributed by atoms with Gasteiger partial charge in [0.25, 0.3) is 0 Å². The summed E-state index contributed by atoms with van der Waals surface area (Å²) in [5.74, 6) is -1.80. The topological polar surface area (TPSA) is 86.8 Å². The van der Waals surface area contributed by atoms with E-state index in [1.165, 1.54) is 18.0 Å². The normalized spacial score (nSPS) is 12.2. The Morgan fingerprint density at radius 2 is 1.73 bits per heavy atom. The van der Waals surface area contributed by atoms with Crippen LogP contribution in [0.3, 0.4) is 0 Å². The molecule has 0 radical (unpaired) electrons. The molecule has 0 saturated heterocycles. The Morgan fingerprint density at radius 3 is 2.24 bits per heavy atom. The van der Waals surface area contributed by atoms with E-state index in [0.717, 1.165) is 22.7 Å². The fourth-order valence-corrected chi connectivity index (χ4v) is 4.51. The van der Waals surface area contributed by atoms with Gasteiger partial charge in [0.15, 0.2) is 0 Å². The zero-order valence-electron chi connectivity index (χ0n) is 18.1. The average molecular weight is 539 g/mol. The van der Waals surface area contributed by atoms with Crippen molar-refractivity contribution >= 4 is 62.3 Å². The van der Waals surface area contributed by atoms with E-state index in [2.05, 4.69) is 5.32 Å². The van der Waals surface area contributed by atoms with E-state index < -0.39 is 40.2 Å². The van der Waals surface area contributed by atoms with Crippen LogP contribution >= 0.6 is 34.8 Å². The summed E-state index contributed by atoms with van der Waals surface area (Å²) in [6, 6.07) is 7.22. The Kier molecular flexibility index (Phi) is 9.37. The lowest BCUT2D eigenvalue weighted by molar-refractivity contribution is -0.140. The molecule has 0 aromatic heterocycles. The van der Waals surface area contributed by atoms with E-state index >= 15 is 0 Å². The van der Waals surface area contributed by atoms with Crippen molar-refractivity contribution in [2.75, 3.05) is 24.2 Å². The Labute approximate surface area is 207 Å². The maximum atomic E-state index is 13.6. The molecule has 2 amide bonds. The lowest BCUT2D eigenvalue weighted by Gasteiger charge is -2.32. The molecule has 0 aliphatic carbocycles. The van der Waals surface area contributed by atoms with Gasteiger partial charge < -0.3 is 10.2 Å². The molecule has 1 N–H and O–H groups in total. The number of carbonyl (C=O) groups excluding carboxylic acids is 2. The highest BCUT2D eigenvalue weighted by molar-refractivity contribution is 7.92. The van der Waals surface area contributed by atoms with Crippen LogP contribution in [0, 0.1) is 5.82 Å². The van der Waals surface area contributed by atoms with Crippen LogP contribution in [0.15, 0.2) is 36.4 Å². The molecular formula is C21H23Cl3FN3O4S. The third-order valence-electron chi connectivity index (χ3n) is 4.84. The molecule has 180 valence electrons. The molecule has 33 heavy (non-hydrogen) atoms. The second kappa shape index (κ2) is 11.4. The van der Waals surface area contributed by atoms with Gasteiger partial charge in [-0.3, -0.25) is 13.9 Å². The van der Waals surface area contributed by atoms with E-state index in [1.807, 2.05) is 0 Å². The molecule has 1 atom stereocenters. The standard InChI is InChI=1S/C21H23Cl3FN3O4S/c1-4-19(21(30)26-2)27(11-13-5-7-15(22)16(23)9-13)20(29)12-28(33(3,31)32)14-6-8-18(25)17(24)10-14/h5-10,19H,4,11-12H2,1-3H3,(H,26,30). The van der Waals surface area contributed by atoms with E-state index in [4.69, 9.17) is 34.8 Å². The van der Waals surface area contributed by atoms with Crippen LogP contribution in [0.4, 0.5) is 10.1 Å². The second-order valence-electron chi connectivity index (χ2n) is 7.18. The number of hydrogen-bond donors (Lipinski definition) is 1. The number of hydrogen-bond acceptors (Lipinski definition) is 4. The Bertz CT molecular complexity index is 1150. The SMILES string of the molecule is CCC(C(=O)NC)N(Cc1ccc(Cl)c(Cl)c1)C(=O)CN(c1ccc(F)c(Cl)c1)S(C)(=O)=O. The predicted octanol–water partition coefficient (Wildman–Crippen LogP) is 4.11. The summed E-state index contributed by atoms with van der Waals surface area (Å²) in [6.45, 7) is 1.07.